The fourth-order valence-corrected chi connectivity index (χ4v) is 1.76. The van der Waals surface area contributed by atoms with Crippen LogP contribution in [0.4, 0.5) is 0 Å². The first-order chi connectivity index (χ1) is 9.10. The van der Waals surface area contributed by atoms with Crippen LogP contribution in [0.5, 0.6) is 0 Å². The molecular formula is C7H17Cl3O8P2. The van der Waals surface area contributed by atoms with Gasteiger partial charge in [0.25, 0.3) is 0 Å². The Hall–Kier alpha value is 1.09. The molecule has 0 amide bonds. The second-order valence-corrected chi connectivity index (χ2v) is 7.49. The van der Waals surface area contributed by atoms with E-state index in [1.807, 2.05) is 13.8 Å². The van der Waals surface area contributed by atoms with E-state index >= 15 is 0 Å². The van der Waals surface area contributed by atoms with Crippen molar-refractivity contribution >= 4 is 51.0 Å². The van der Waals surface area contributed by atoms with Crippen LogP contribution in [0.1, 0.15) is 20.3 Å². The van der Waals surface area contributed by atoms with Crippen LogP contribution in [0.15, 0.2) is 0 Å². The zero-order chi connectivity index (χ0) is 16.2. The van der Waals surface area contributed by atoms with Crippen molar-refractivity contribution in [3.05, 3.63) is 0 Å². The molecule has 0 radical (unpaired) electrons. The van der Waals surface area contributed by atoms with Crippen LogP contribution in [-0.2, 0) is 26.3 Å². The van der Waals surface area contributed by atoms with Gasteiger partial charge in [-0.1, -0.05) is 13.8 Å². The summed E-state index contributed by atoms with van der Waals surface area (Å²) in [6, 6.07) is 0. The van der Waals surface area contributed by atoms with E-state index in [-0.39, 0.29) is 19.1 Å². The van der Waals surface area contributed by atoms with Crippen molar-refractivity contribution in [3.8, 4) is 0 Å². The summed E-state index contributed by atoms with van der Waals surface area (Å²) in [5.74, 6) is 0.537. The van der Waals surface area contributed by atoms with Gasteiger partial charge in [0.05, 0.1) is 36.9 Å². The number of halogens is 3. The summed E-state index contributed by atoms with van der Waals surface area (Å²) in [6.45, 7) is 4.07. The lowest BCUT2D eigenvalue weighted by Crippen LogP contribution is -1.97. The lowest BCUT2D eigenvalue weighted by Gasteiger charge is -2.07. The molecule has 0 rings (SSSR count). The maximum atomic E-state index is 10.5. The Balaban J connectivity index is 0. The maximum absolute atomic E-state index is 10.5. The Labute approximate surface area is 132 Å². The van der Waals surface area contributed by atoms with E-state index in [2.05, 4.69) is 40.9 Å². The monoisotopic (exact) mass is 396 g/mol. The minimum atomic E-state index is -4.01. The predicted octanol–water partition coefficient (Wildman–Crippen LogP) is 3.83. The third kappa shape index (κ3) is 17.1. The minimum absolute atomic E-state index is 0.0674. The molecule has 2 atom stereocenters. The van der Waals surface area contributed by atoms with Crippen molar-refractivity contribution in [2.24, 2.45) is 5.92 Å². The maximum Gasteiger partial charge on any atom is 0.488 e. The highest BCUT2D eigenvalue weighted by molar-refractivity contribution is 7.48. The summed E-state index contributed by atoms with van der Waals surface area (Å²) < 4.78 is 36.6. The Morgan fingerprint density at radius 3 is 1.70 bits per heavy atom. The molecule has 2 N–H and O–H groups in total. The molecule has 0 aromatic carbocycles. The van der Waals surface area contributed by atoms with E-state index in [0.29, 0.717) is 12.3 Å². The molecule has 0 bridgehead atoms. The second kappa shape index (κ2) is 12.6. The van der Waals surface area contributed by atoms with Crippen molar-refractivity contribution in [1.29, 1.82) is 0 Å². The van der Waals surface area contributed by atoms with Crippen LogP contribution < -0.4 is 0 Å². The molecule has 0 saturated heterocycles. The van der Waals surface area contributed by atoms with Gasteiger partial charge in [-0.05, 0) is 12.3 Å². The second-order valence-electron chi connectivity index (χ2n) is 3.61. The van der Waals surface area contributed by atoms with Gasteiger partial charge in [0.15, 0.2) is 0 Å². The van der Waals surface area contributed by atoms with E-state index in [1.54, 1.807) is 0 Å². The predicted molar refractivity (Wildman–Crippen MR) is 75.6 cm³/mol. The highest BCUT2D eigenvalue weighted by atomic mass is 35.5. The summed E-state index contributed by atoms with van der Waals surface area (Å²) in [5, 5.41) is 0. The zero-order valence-corrected chi connectivity index (χ0v) is 14.8. The summed E-state index contributed by atoms with van der Waals surface area (Å²) >= 11 is 14.3. The van der Waals surface area contributed by atoms with Crippen LogP contribution >= 0.6 is 51.0 Å². The summed E-state index contributed by atoms with van der Waals surface area (Å²) in [5.41, 5.74) is 0. The zero-order valence-electron chi connectivity index (χ0n) is 10.8. The van der Waals surface area contributed by atoms with E-state index in [4.69, 9.17) is 21.4 Å². The standard InChI is InChI=1S/C5H12ClO4P.C2H5Cl2O4P/c1-5(2)3-4-9-11(7,8)10-6;3-1-2-7-9(5,6)8-4/h5H,3-4H2,1-2H3,(H,7,8);1-2H2,(H,5,6). The third-order valence-corrected chi connectivity index (χ3v) is 4.02. The molecule has 8 nitrogen and oxygen atoms in total. The average Bonchev–Trinajstić information content (AvgIpc) is 2.36. The van der Waals surface area contributed by atoms with Crippen molar-refractivity contribution in [1.82, 2.24) is 0 Å². The molecule has 0 aliphatic rings. The molecule has 0 aliphatic heterocycles. The SMILES string of the molecule is CC(C)CCOP(=O)(O)OCl.O=P(O)(OCl)OCCCl. The molecule has 0 aromatic heterocycles. The molecule has 0 fully saturated rings. The highest BCUT2D eigenvalue weighted by Gasteiger charge is 2.20. The third-order valence-electron chi connectivity index (χ3n) is 1.46. The molecule has 20 heavy (non-hydrogen) atoms. The van der Waals surface area contributed by atoms with Crippen LogP contribution in [0.2, 0.25) is 0 Å². The Bertz CT molecular complexity index is 329. The van der Waals surface area contributed by atoms with Crippen molar-refractivity contribution in [2.75, 3.05) is 19.1 Å². The van der Waals surface area contributed by atoms with E-state index in [0.717, 1.165) is 0 Å². The van der Waals surface area contributed by atoms with Crippen LogP contribution in [0.3, 0.4) is 0 Å². The van der Waals surface area contributed by atoms with Crippen LogP contribution in [-0.4, -0.2) is 28.9 Å². The van der Waals surface area contributed by atoms with Gasteiger partial charge < -0.3 is 9.79 Å². The normalized spacial score (nSPS) is 17.0. The molecule has 2 unspecified atom stereocenters. The first-order valence-electron chi connectivity index (χ1n) is 5.21. The van der Waals surface area contributed by atoms with Gasteiger partial charge in [-0.15, -0.1) is 11.6 Å². The molecule has 0 aromatic rings. The number of hydrogen-bond acceptors (Lipinski definition) is 6. The summed E-state index contributed by atoms with van der Waals surface area (Å²) in [6.07, 6.45) is 0.699. The topological polar surface area (TPSA) is 112 Å². The largest absolute Gasteiger partial charge is 0.488 e. The molecule has 0 saturated carbocycles. The average molecular weight is 398 g/mol. The van der Waals surface area contributed by atoms with Gasteiger partial charge in [0.1, 0.15) is 0 Å². The summed E-state index contributed by atoms with van der Waals surface area (Å²) in [7, 11) is -7.97. The fraction of sp³-hybridized carbons (Fsp3) is 1.00. The van der Waals surface area contributed by atoms with Crippen molar-refractivity contribution < 1.29 is 36.1 Å². The van der Waals surface area contributed by atoms with Crippen LogP contribution in [0.25, 0.3) is 0 Å². The smallest absolute Gasteiger partial charge is 0.302 e. The molecule has 0 aliphatic carbocycles. The van der Waals surface area contributed by atoms with Gasteiger partial charge in [-0.3, -0.25) is 9.05 Å². The molecule has 0 heterocycles. The van der Waals surface area contributed by atoms with Gasteiger partial charge in [-0.25, -0.2) is 9.13 Å². The van der Waals surface area contributed by atoms with Gasteiger partial charge in [0, 0.05) is 5.88 Å². The number of alkyl halides is 1. The first-order valence-corrected chi connectivity index (χ1v) is 9.35. The Morgan fingerprint density at radius 2 is 1.40 bits per heavy atom. The molecule has 124 valence electrons. The van der Waals surface area contributed by atoms with Gasteiger partial charge in [-0.2, -0.15) is 8.15 Å². The Morgan fingerprint density at radius 1 is 1.00 bits per heavy atom. The van der Waals surface area contributed by atoms with Gasteiger partial charge >= 0.3 is 15.6 Å². The minimum Gasteiger partial charge on any atom is -0.302 e. The number of hydrogen-bond donors (Lipinski definition) is 2. The van der Waals surface area contributed by atoms with E-state index in [1.165, 1.54) is 0 Å². The Kier molecular flexibility index (Phi) is 14.7. The number of rotatable bonds is 9. The number of phosphoric acid groups is 2. The summed E-state index contributed by atoms with van der Waals surface area (Å²) in [4.78, 5) is 17.0. The molecular weight excluding hydrogens is 380 g/mol. The first kappa shape index (κ1) is 23.4. The lowest BCUT2D eigenvalue weighted by atomic mass is 10.2. The highest BCUT2D eigenvalue weighted by Crippen LogP contribution is 2.45. The van der Waals surface area contributed by atoms with E-state index in [9.17, 15) is 9.13 Å². The lowest BCUT2D eigenvalue weighted by molar-refractivity contribution is 0.198. The van der Waals surface area contributed by atoms with Crippen LogP contribution in [0, 0.1) is 5.92 Å². The quantitative estimate of drug-likeness (QED) is 0.446. The van der Waals surface area contributed by atoms with Gasteiger partial charge in [0.2, 0.25) is 0 Å². The molecule has 0 spiro atoms. The number of phosphoric ester groups is 2. The van der Waals surface area contributed by atoms with E-state index < -0.39 is 15.6 Å². The fourth-order valence-electron chi connectivity index (χ4n) is 0.593. The van der Waals surface area contributed by atoms with Crippen molar-refractivity contribution in [3.63, 3.8) is 0 Å². The molecule has 13 heteroatoms. The van der Waals surface area contributed by atoms with Crippen molar-refractivity contribution in [2.45, 2.75) is 20.3 Å².